The van der Waals surface area contributed by atoms with Gasteiger partial charge < -0.3 is 5.11 Å². The molecule has 1 heterocycles. The van der Waals surface area contributed by atoms with Crippen LogP contribution in [-0.2, 0) is 4.79 Å². The molecule has 0 aromatic rings. The van der Waals surface area contributed by atoms with Gasteiger partial charge in [-0.15, -0.1) is 0 Å². The standard InChI is InChI=1S/C18H28O2S/c19-18(20)16-17-14-12-10-8-6-4-2-1-3-5-7-9-11-13-15-21-17/h1,3-4,6,10,12,17H,2,5,7-9,11,13-16H2,(H,19,20)/b3-1-,6-4+,12-10-. The van der Waals surface area contributed by atoms with E-state index in [4.69, 9.17) is 5.11 Å². The quantitative estimate of drug-likeness (QED) is 0.697. The maximum Gasteiger partial charge on any atom is 0.304 e. The molecule has 1 N–H and O–H groups in total. The average molecular weight is 308 g/mol. The third-order valence-corrected chi connectivity index (χ3v) is 4.82. The van der Waals surface area contributed by atoms with Gasteiger partial charge in [-0.25, -0.2) is 0 Å². The first-order valence-electron chi connectivity index (χ1n) is 8.07. The minimum Gasteiger partial charge on any atom is -0.481 e. The van der Waals surface area contributed by atoms with E-state index in [1.807, 2.05) is 11.8 Å². The molecule has 1 aliphatic rings. The fourth-order valence-corrected chi connectivity index (χ4v) is 3.49. The Labute approximate surface area is 133 Å². The van der Waals surface area contributed by atoms with Crippen molar-refractivity contribution in [1.82, 2.24) is 0 Å². The smallest absolute Gasteiger partial charge is 0.304 e. The van der Waals surface area contributed by atoms with Crippen LogP contribution in [0.4, 0.5) is 0 Å². The van der Waals surface area contributed by atoms with Gasteiger partial charge in [-0.1, -0.05) is 49.3 Å². The summed E-state index contributed by atoms with van der Waals surface area (Å²) in [5.41, 5.74) is 0. The van der Waals surface area contributed by atoms with E-state index in [1.54, 1.807) is 0 Å². The lowest BCUT2D eigenvalue weighted by Crippen LogP contribution is -2.09. The second-order valence-corrected chi connectivity index (χ2v) is 6.82. The number of carboxylic acid groups (broad SMARTS) is 1. The molecular formula is C18H28O2S. The van der Waals surface area contributed by atoms with E-state index in [0.717, 1.165) is 25.0 Å². The maximum absolute atomic E-state index is 10.9. The summed E-state index contributed by atoms with van der Waals surface area (Å²) in [7, 11) is 0. The van der Waals surface area contributed by atoms with Crippen molar-refractivity contribution in [3.63, 3.8) is 0 Å². The number of hydrogen-bond acceptors (Lipinski definition) is 2. The van der Waals surface area contributed by atoms with E-state index in [2.05, 4.69) is 36.5 Å². The fourth-order valence-electron chi connectivity index (χ4n) is 2.28. The zero-order valence-electron chi connectivity index (χ0n) is 12.9. The van der Waals surface area contributed by atoms with Gasteiger partial charge in [-0.05, 0) is 44.3 Å². The van der Waals surface area contributed by atoms with E-state index in [-0.39, 0.29) is 11.7 Å². The van der Waals surface area contributed by atoms with Gasteiger partial charge in [0.05, 0.1) is 6.42 Å². The van der Waals surface area contributed by atoms with Gasteiger partial charge in [0, 0.05) is 5.25 Å². The van der Waals surface area contributed by atoms with Crippen molar-refractivity contribution < 1.29 is 9.90 Å². The van der Waals surface area contributed by atoms with Gasteiger partial charge in [0.2, 0.25) is 0 Å². The Bertz CT molecular complexity index is 358. The molecule has 0 fully saturated rings. The van der Waals surface area contributed by atoms with Crippen LogP contribution in [0, 0.1) is 0 Å². The Morgan fingerprint density at radius 1 is 0.952 bits per heavy atom. The predicted molar refractivity (Wildman–Crippen MR) is 92.9 cm³/mol. The number of thioether (sulfide) groups is 1. The molecule has 0 aromatic heterocycles. The molecule has 0 amide bonds. The number of carbonyl (C=O) groups is 1. The maximum atomic E-state index is 10.9. The highest BCUT2D eigenvalue weighted by Gasteiger charge is 2.11. The highest BCUT2D eigenvalue weighted by atomic mass is 32.2. The van der Waals surface area contributed by atoms with Crippen LogP contribution >= 0.6 is 11.8 Å². The topological polar surface area (TPSA) is 37.3 Å². The van der Waals surface area contributed by atoms with Crippen LogP contribution in [0.1, 0.15) is 57.8 Å². The minimum atomic E-state index is -0.683. The lowest BCUT2D eigenvalue weighted by molar-refractivity contribution is -0.136. The first kappa shape index (κ1) is 18.1. The number of rotatable bonds is 2. The molecule has 0 saturated heterocycles. The van der Waals surface area contributed by atoms with Gasteiger partial charge >= 0.3 is 5.97 Å². The van der Waals surface area contributed by atoms with E-state index in [9.17, 15) is 4.79 Å². The van der Waals surface area contributed by atoms with Crippen molar-refractivity contribution in [3.05, 3.63) is 36.5 Å². The summed E-state index contributed by atoms with van der Waals surface area (Å²) in [6, 6.07) is 0. The molecule has 1 rings (SSSR count). The van der Waals surface area contributed by atoms with Crippen LogP contribution in [-0.4, -0.2) is 22.1 Å². The van der Waals surface area contributed by atoms with Crippen molar-refractivity contribution >= 4 is 17.7 Å². The average Bonchev–Trinajstić information content (AvgIpc) is 2.45. The molecule has 0 bridgehead atoms. The fraction of sp³-hybridized carbons (Fsp3) is 0.611. The molecule has 1 aliphatic heterocycles. The molecule has 1 atom stereocenters. The molecule has 0 saturated carbocycles. The zero-order chi connectivity index (χ0) is 15.2. The molecule has 118 valence electrons. The second kappa shape index (κ2) is 12.8. The Morgan fingerprint density at radius 2 is 1.62 bits per heavy atom. The van der Waals surface area contributed by atoms with Gasteiger partial charge in [0.1, 0.15) is 0 Å². The third kappa shape index (κ3) is 11.4. The van der Waals surface area contributed by atoms with Gasteiger partial charge in [0.25, 0.3) is 0 Å². The summed E-state index contributed by atoms with van der Waals surface area (Å²) in [6.07, 6.45) is 22.5. The van der Waals surface area contributed by atoms with Gasteiger partial charge in [0.15, 0.2) is 0 Å². The number of carboxylic acids is 1. The zero-order valence-corrected chi connectivity index (χ0v) is 13.7. The normalized spacial score (nSPS) is 27.3. The Hall–Kier alpha value is -0.960. The lowest BCUT2D eigenvalue weighted by Gasteiger charge is -2.12. The van der Waals surface area contributed by atoms with Crippen molar-refractivity contribution in [2.45, 2.75) is 63.0 Å². The number of hydrogen-bond donors (Lipinski definition) is 1. The molecule has 0 spiro atoms. The summed E-state index contributed by atoms with van der Waals surface area (Å²) in [5, 5.41) is 9.20. The van der Waals surface area contributed by atoms with Gasteiger partial charge in [-0.3, -0.25) is 4.79 Å². The summed E-state index contributed by atoms with van der Waals surface area (Å²) in [6.45, 7) is 0. The van der Waals surface area contributed by atoms with Crippen LogP contribution in [0.5, 0.6) is 0 Å². The van der Waals surface area contributed by atoms with Crippen molar-refractivity contribution in [2.24, 2.45) is 0 Å². The molecule has 0 aliphatic carbocycles. The Morgan fingerprint density at radius 3 is 2.38 bits per heavy atom. The lowest BCUT2D eigenvalue weighted by atomic mass is 10.1. The molecule has 0 aromatic carbocycles. The molecule has 21 heavy (non-hydrogen) atoms. The largest absolute Gasteiger partial charge is 0.481 e. The molecule has 0 radical (unpaired) electrons. The van der Waals surface area contributed by atoms with Crippen LogP contribution in [0.3, 0.4) is 0 Å². The Kier molecular flexibility index (Phi) is 11.0. The number of allylic oxidation sites excluding steroid dienone is 6. The summed E-state index contributed by atoms with van der Waals surface area (Å²) >= 11 is 1.83. The van der Waals surface area contributed by atoms with E-state index < -0.39 is 5.97 Å². The second-order valence-electron chi connectivity index (χ2n) is 5.41. The van der Waals surface area contributed by atoms with Crippen LogP contribution in [0.25, 0.3) is 0 Å². The SMILES string of the molecule is O=C(O)CC1C/C=C\C/C=C/C/C=C\CCCCCCS1. The molecule has 1 unspecified atom stereocenters. The van der Waals surface area contributed by atoms with Crippen LogP contribution < -0.4 is 0 Å². The van der Waals surface area contributed by atoms with Gasteiger partial charge in [-0.2, -0.15) is 11.8 Å². The van der Waals surface area contributed by atoms with Crippen LogP contribution in [0.2, 0.25) is 0 Å². The van der Waals surface area contributed by atoms with Crippen molar-refractivity contribution in [2.75, 3.05) is 5.75 Å². The van der Waals surface area contributed by atoms with E-state index in [1.165, 1.54) is 32.1 Å². The highest BCUT2D eigenvalue weighted by Crippen LogP contribution is 2.21. The van der Waals surface area contributed by atoms with Crippen molar-refractivity contribution in [1.29, 1.82) is 0 Å². The van der Waals surface area contributed by atoms with E-state index >= 15 is 0 Å². The highest BCUT2D eigenvalue weighted by molar-refractivity contribution is 7.99. The first-order chi connectivity index (χ1) is 10.3. The monoisotopic (exact) mass is 308 g/mol. The predicted octanol–water partition coefficient (Wildman–Crippen LogP) is 5.37. The van der Waals surface area contributed by atoms with Crippen molar-refractivity contribution in [3.8, 4) is 0 Å². The van der Waals surface area contributed by atoms with E-state index in [0.29, 0.717) is 0 Å². The first-order valence-corrected chi connectivity index (χ1v) is 9.12. The Balaban J connectivity index is 2.44. The molecule has 3 heteroatoms. The summed E-state index contributed by atoms with van der Waals surface area (Å²) < 4.78 is 0. The minimum absolute atomic E-state index is 0.222. The summed E-state index contributed by atoms with van der Waals surface area (Å²) in [5.74, 6) is 0.402. The molecular weight excluding hydrogens is 280 g/mol. The third-order valence-electron chi connectivity index (χ3n) is 3.46. The number of aliphatic carboxylic acids is 1. The molecule has 2 nitrogen and oxygen atoms in total. The summed E-state index contributed by atoms with van der Waals surface area (Å²) in [4.78, 5) is 10.9. The van der Waals surface area contributed by atoms with Crippen LogP contribution in [0.15, 0.2) is 36.5 Å².